The van der Waals surface area contributed by atoms with Crippen LogP contribution in [-0.4, -0.2) is 25.2 Å². The summed E-state index contributed by atoms with van der Waals surface area (Å²) in [5.74, 6) is 1.37. The quantitative estimate of drug-likeness (QED) is 0.0474. The number of ether oxygens (including phenoxy) is 2. The van der Waals surface area contributed by atoms with Gasteiger partial charge < -0.3 is 9.47 Å². The zero-order valence-corrected chi connectivity index (χ0v) is 34.0. The molecule has 0 bridgehead atoms. The predicted molar refractivity (Wildman–Crippen MR) is 213 cm³/mol. The Morgan fingerprint density at radius 1 is 0.306 bits per heavy atom. The fourth-order valence-corrected chi connectivity index (χ4v) is 6.80. The standard InChI is InChI=1S/C45H88O4/c1-42(2)36-31-27-23-19-15-11-7-5-9-13-17-21-25-29-33-40-48-44(46)38-35-39-45(47)49-41-34-30-26-22-18-14-10-6-8-12-16-20-24-28-32-37-43(3)4/h42-43H,5-41H2,1-4H3. The first-order chi connectivity index (χ1) is 23.9. The van der Waals surface area contributed by atoms with Crippen LogP contribution >= 0.6 is 0 Å². The molecule has 0 fully saturated rings. The van der Waals surface area contributed by atoms with E-state index in [0.29, 0.717) is 32.5 Å². The first kappa shape index (κ1) is 47.9. The molecule has 0 saturated heterocycles. The highest BCUT2D eigenvalue weighted by atomic mass is 16.5. The molecule has 0 aromatic heterocycles. The summed E-state index contributed by atoms with van der Waals surface area (Å²) in [5, 5.41) is 0. The third-order valence-corrected chi connectivity index (χ3v) is 10.1. The van der Waals surface area contributed by atoms with Crippen LogP contribution in [0, 0.1) is 11.8 Å². The fraction of sp³-hybridized carbons (Fsp3) is 0.956. The molecule has 0 spiro atoms. The first-order valence-electron chi connectivity index (χ1n) is 22.2. The van der Waals surface area contributed by atoms with Crippen molar-refractivity contribution in [2.24, 2.45) is 11.8 Å². The Labute approximate surface area is 307 Å². The van der Waals surface area contributed by atoms with E-state index >= 15 is 0 Å². The predicted octanol–water partition coefficient (Wildman–Crippen LogP) is 15.0. The van der Waals surface area contributed by atoms with E-state index in [1.165, 1.54) is 180 Å². The summed E-state index contributed by atoms with van der Waals surface area (Å²) in [6, 6.07) is 0. The molecule has 0 aliphatic rings. The summed E-state index contributed by atoms with van der Waals surface area (Å²) >= 11 is 0. The average molecular weight is 693 g/mol. The summed E-state index contributed by atoms with van der Waals surface area (Å²) < 4.78 is 10.7. The third-order valence-electron chi connectivity index (χ3n) is 10.1. The highest BCUT2D eigenvalue weighted by molar-refractivity contribution is 5.72. The van der Waals surface area contributed by atoms with Gasteiger partial charge in [0.25, 0.3) is 0 Å². The minimum atomic E-state index is -0.179. The van der Waals surface area contributed by atoms with Gasteiger partial charge in [-0.25, -0.2) is 0 Å². The second-order valence-electron chi connectivity index (χ2n) is 16.3. The van der Waals surface area contributed by atoms with E-state index in [1.807, 2.05) is 0 Å². The summed E-state index contributed by atoms with van der Waals surface area (Å²) in [5.41, 5.74) is 0. The van der Waals surface area contributed by atoms with Crippen LogP contribution in [-0.2, 0) is 19.1 Å². The molecule has 49 heavy (non-hydrogen) atoms. The van der Waals surface area contributed by atoms with Crippen LogP contribution in [0.25, 0.3) is 0 Å². The second-order valence-corrected chi connectivity index (χ2v) is 16.3. The lowest BCUT2D eigenvalue weighted by molar-refractivity contribution is -0.145. The van der Waals surface area contributed by atoms with Gasteiger partial charge in [0, 0.05) is 12.8 Å². The van der Waals surface area contributed by atoms with Crippen molar-refractivity contribution in [2.75, 3.05) is 13.2 Å². The number of esters is 2. The second kappa shape index (κ2) is 39.7. The Hall–Kier alpha value is -1.06. The van der Waals surface area contributed by atoms with Crippen LogP contribution in [0.5, 0.6) is 0 Å². The van der Waals surface area contributed by atoms with Gasteiger partial charge >= 0.3 is 11.9 Å². The topological polar surface area (TPSA) is 52.6 Å². The van der Waals surface area contributed by atoms with Crippen molar-refractivity contribution in [1.82, 2.24) is 0 Å². The smallest absolute Gasteiger partial charge is 0.305 e. The molecule has 0 radical (unpaired) electrons. The zero-order chi connectivity index (χ0) is 35.9. The lowest BCUT2D eigenvalue weighted by atomic mass is 10.0. The van der Waals surface area contributed by atoms with E-state index in [1.54, 1.807) is 0 Å². The van der Waals surface area contributed by atoms with Gasteiger partial charge in [-0.05, 0) is 31.1 Å². The van der Waals surface area contributed by atoms with E-state index in [2.05, 4.69) is 27.7 Å². The number of unbranched alkanes of at least 4 members (excludes halogenated alkanes) is 28. The van der Waals surface area contributed by atoms with Gasteiger partial charge in [0.2, 0.25) is 0 Å². The number of hydrogen-bond donors (Lipinski definition) is 0. The monoisotopic (exact) mass is 693 g/mol. The molecule has 4 nitrogen and oxygen atoms in total. The minimum absolute atomic E-state index is 0.179. The molecule has 0 amide bonds. The third kappa shape index (κ3) is 43.0. The van der Waals surface area contributed by atoms with E-state index < -0.39 is 0 Å². The fourth-order valence-electron chi connectivity index (χ4n) is 6.80. The van der Waals surface area contributed by atoms with Crippen molar-refractivity contribution in [3.63, 3.8) is 0 Å². The van der Waals surface area contributed by atoms with E-state index in [0.717, 1.165) is 37.5 Å². The lowest BCUT2D eigenvalue weighted by Crippen LogP contribution is -2.09. The van der Waals surface area contributed by atoms with Crippen LogP contribution in [0.15, 0.2) is 0 Å². The van der Waals surface area contributed by atoms with Crippen LogP contribution < -0.4 is 0 Å². The van der Waals surface area contributed by atoms with Crippen molar-refractivity contribution in [2.45, 2.75) is 252 Å². The van der Waals surface area contributed by atoms with Crippen LogP contribution in [0.1, 0.15) is 252 Å². The molecule has 0 aliphatic heterocycles. The Bertz CT molecular complexity index is 617. The Balaban J connectivity index is 3.26. The summed E-state index contributed by atoms with van der Waals surface area (Å²) in [7, 11) is 0. The molecule has 0 heterocycles. The van der Waals surface area contributed by atoms with Gasteiger partial charge in [0.15, 0.2) is 0 Å². The molecule has 0 aliphatic carbocycles. The lowest BCUT2D eigenvalue weighted by Gasteiger charge is -2.07. The number of carbonyl (C=O) groups is 2. The van der Waals surface area contributed by atoms with Crippen molar-refractivity contribution in [3.8, 4) is 0 Å². The molecule has 0 rings (SSSR count). The largest absolute Gasteiger partial charge is 0.466 e. The Morgan fingerprint density at radius 3 is 0.735 bits per heavy atom. The van der Waals surface area contributed by atoms with Crippen molar-refractivity contribution >= 4 is 11.9 Å². The Kier molecular flexibility index (Phi) is 38.9. The first-order valence-corrected chi connectivity index (χ1v) is 22.2. The summed E-state index contributed by atoms with van der Waals surface area (Å²) in [6.07, 6.45) is 44.1. The van der Waals surface area contributed by atoms with Gasteiger partial charge in [-0.3, -0.25) is 9.59 Å². The number of hydrogen-bond acceptors (Lipinski definition) is 4. The van der Waals surface area contributed by atoms with Crippen molar-refractivity contribution in [3.05, 3.63) is 0 Å². The molecular formula is C45H88O4. The number of rotatable bonds is 40. The molecule has 0 aromatic carbocycles. The molecule has 0 aromatic rings. The maximum atomic E-state index is 12.0. The molecule has 0 N–H and O–H groups in total. The minimum Gasteiger partial charge on any atom is -0.466 e. The maximum Gasteiger partial charge on any atom is 0.305 e. The van der Waals surface area contributed by atoms with Crippen LogP contribution in [0.4, 0.5) is 0 Å². The van der Waals surface area contributed by atoms with Gasteiger partial charge in [-0.15, -0.1) is 0 Å². The van der Waals surface area contributed by atoms with Gasteiger partial charge in [0.05, 0.1) is 13.2 Å². The SMILES string of the molecule is CC(C)CCCCCCCCCCCCCCCCCOC(=O)CCCC(=O)OCCCCCCCCCCCCCCCCCC(C)C. The van der Waals surface area contributed by atoms with Gasteiger partial charge in [-0.1, -0.05) is 220 Å². The zero-order valence-electron chi connectivity index (χ0n) is 34.0. The van der Waals surface area contributed by atoms with E-state index in [-0.39, 0.29) is 11.9 Å². The van der Waals surface area contributed by atoms with Crippen LogP contribution in [0.3, 0.4) is 0 Å². The molecule has 292 valence electrons. The van der Waals surface area contributed by atoms with Gasteiger partial charge in [-0.2, -0.15) is 0 Å². The molecule has 4 heteroatoms. The average Bonchev–Trinajstić information content (AvgIpc) is 3.06. The van der Waals surface area contributed by atoms with Gasteiger partial charge in [0.1, 0.15) is 0 Å². The van der Waals surface area contributed by atoms with E-state index in [9.17, 15) is 9.59 Å². The Morgan fingerprint density at radius 2 is 0.510 bits per heavy atom. The molecule has 0 atom stereocenters. The summed E-state index contributed by atoms with van der Waals surface area (Å²) in [4.78, 5) is 23.9. The van der Waals surface area contributed by atoms with E-state index in [4.69, 9.17) is 9.47 Å². The van der Waals surface area contributed by atoms with Crippen molar-refractivity contribution < 1.29 is 19.1 Å². The number of carbonyl (C=O) groups excluding carboxylic acids is 2. The molecular weight excluding hydrogens is 604 g/mol. The highest BCUT2D eigenvalue weighted by Crippen LogP contribution is 2.17. The van der Waals surface area contributed by atoms with Crippen molar-refractivity contribution in [1.29, 1.82) is 0 Å². The normalized spacial score (nSPS) is 11.6. The highest BCUT2D eigenvalue weighted by Gasteiger charge is 2.07. The summed E-state index contributed by atoms with van der Waals surface area (Å²) in [6.45, 7) is 10.3. The molecule has 0 unspecified atom stereocenters. The maximum absolute atomic E-state index is 12.0. The molecule has 0 saturated carbocycles. The van der Waals surface area contributed by atoms with Crippen LogP contribution in [0.2, 0.25) is 0 Å².